The van der Waals surface area contributed by atoms with Gasteiger partial charge < -0.3 is 14.8 Å². The first-order chi connectivity index (χ1) is 11.5. The molecule has 1 aliphatic carbocycles. The number of benzene rings is 1. The fourth-order valence-electron chi connectivity index (χ4n) is 2.90. The molecule has 1 fully saturated rings. The Hall–Kier alpha value is -2.27. The molecular weight excluding hydrogens is 330 g/mol. The molecule has 0 aliphatic heterocycles. The molecule has 2 aromatic rings. The lowest BCUT2D eigenvalue weighted by molar-refractivity contribution is 0.0694. The average molecular weight is 348 g/mol. The van der Waals surface area contributed by atoms with Crippen LogP contribution in [0.25, 0.3) is 0 Å². The van der Waals surface area contributed by atoms with Crippen molar-refractivity contribution in [1.82, 2.24) is 5.32 Å². The molecule has 1 amide bonds. The second-order valence-electron chi connectivity index (χ2n) is 6.05. The van der Waals surface area contributed by atoms with E-state index in [9.17, 15) is 9.59 Å². The maximum atomic E-state index is 12.3. The molecule has 126 valence electrons. The first-order valence-corrected chi connectivity index (χ1v) is 8.24. The monoisotopic (exact) mass is 347 g/mol. The van der Waals surface area contributed by atoms with Gasteiger partial charge in [0.05, 0.1) is 0 Å². The van der Waals surface area contributed by atoms with Gasteiger partial charge in [-0.3, -0.25) is 4.79 Å². The predicted octanol–water partition coefficient (Wildman–Crippen LogP) is 3.66. The van der Waals surface area contributed by atoms with E-state index in [1.807, 2.05) is 24.3 Å². The van der Waals surface area contributed by atoms with Crippen LogP contribution in [-0.4, -0.2) is 23.5 Å². The predicted molar refractivity (Wildman–Crippen MR) is 89.7 cm³/mol. The number of nitrogens with one attached hydrogen (secondary N) is 1. The summed E-state index contributed by atoms with van der Waals surface area (Å²) < 4.78 is 5.38. The molecule has 1 aromatic carbocycles. The molecule has 1 aliphatic rings. The highest BCUT2D eigenvalue weighted by molar-refractivity contribution is 6.31. The number of aromatic carboxylic acids is 1. The van der Waals surface area contributed by atoms with Gasteiger partial charge in [-0.15, -0.1) is 0 Å². The number of carbonyl (C=O) groups is 2. The molecule has 1 saturated carbocycles. The van der Waals surface area contributed by atoms with Crippen LogP contribution in [-0.2, 0) is 11.8 Å². The summed E-state index contributed by atoms with van der Waals surface area (Å²) in [5.74, 6) is -1.17. The third-order valence-electron chi connectivity index (χ3n) is 4.47. The van der Waals surface area contributed by atoms with Gasteiger partial charge >= 0.3 is 5.97 Å². The van der Waals surface area contributed by atoms with Crippen LogP contribution >= 0.6 is 11.6 Å². The summed E-state index contributed by atoms with van der Waals surface area (Å²) in [7, 11) is 0. The zero-order chi connectivity index (χ0) is 17.3. The fourth-order valence-corrected chi connectivity index (χ4v) is 3.24. The molecule has 5 nitrogen and oxygen atoms in total. The molecule has 0 spiro atoms. The van der Waals surface area contributed by atoms with Gasteiger partial charge in [0.25, 0.3) is 5.91 Å². The number of carbonyl (C=O) groups excluding carboxylic acids is 1. The third kappa shape index (κ3) is 3.04. The Labute approximate surface area is 144 Å². The van der Waals surface area contributed by atoms with Crippen LogP contribution in [0.15, 0.2) is 34.7 Å². The minimum absolute atomic E-state index is 0.0270. The van der Waals surface area contributed by atoms with Crippen molar-refractivity contribution >= 4 is 23.5 Å². The van der Waals surface area contributed by atoms with Crippen molar-refractivity contribution in [3.05, 3.63) is 58.0 Å². The molecule has 0 radical (unpaired) electrons. The highest BCUT2D eigenvalue weighted by atomic mass is 35.5. The van der Waals surface area contributed by atoms with E-state index in [4.69, 9.17) is 21.1 Å². The molecule has 2 N–H and O–H groups in total. The normalized spacial score (nSPS) is 15.1. The van der Waals surface area contributed by atoms with Crippen LogP contribution in [0.2, 0.25) is 5.02 Å². The molecule has 0 atom stereocenters. The number of carboxylic acids is 1. The van der Waals surface area contributed by atoms with Crippen LogP contribution in [0.3, 0.4) is 0 Å². The molecule has 3 rings (SSSR count). The van der Waals surface area contributed by atoms with Crippen LogP contribution in [0.1, 0.15) is 52.0 Å². The quantitative estimate of drug-likeness (QED) is 0.835. The number of aryl methyl sites for hydroxylation is 1. The first-order valence-electron chi connectivity index (χ1n) is 7.86. The highest BCUT2D eigenvalue weighted by Crippen LogP contribution is 2.49. The van der Waals surface area contributed by atoms with Gasteiger partial charge in [0.15, 0.2) is 5.76 Å². The third-order valence-corrected chi connectivity index (χ3v) is 4.80. The fraction of sp³-hybridized carbons (Fsp3) is 0.333. The van der Waals surface area contributed by atoms with Crippen molar-refractivity contribution in [1.29, 1.82) is 0 Å². The second-order valence-corrected chi connectivity index (χ2v) is 6.46. The minimum atomic E-state index is -1.09. The molecule has 0 unspecified atom stereocenters. The lowest BCUT2D eigenvalue weighted by atomic mass is 9.96. The van der Waals surface area contributed by atoms with Crippen molar-refractivity contribution in [3.63, 3.8) is 0 Å². The molecule has 0 saturated heterocycles. The van der Waals surface area contributed by atoms with E-state index in [-0.39, 0.29) is 16.7 Å². The van der Waals surface area contributed by atoms with E-state index in [0.29, 0.717) is 23.7 Å². The van der Waals surface area contributed by atoms with Crippen LogP contribution in [0.5, 0.6) is 0 Å². The summed E-state index contributed by atoms with van der Waals surface area (Å²) in [6.07, 6.45) is 2.32. The molecule has 24 heavy (non-hydrogen) atoms. The van der Waals surface area contributed by atoms with Crippen molar-refractivity contribution in [3.8, 4) is 0 Å². The lowest BCUT2D eigenvalue weighted by Crippen LogP contribution is -2.32. The smallest absolute Gasteiger partial charge is 0.339 e. The van der Waals surface area contributed by atoms with Crippen LogP contribution in [0, 0.1) is 0 Å². The summed E-state index contributed by atoms with van der Waals surface area (Å²) in [4.78, 5) is 23.5. The molecule has 1 aromatic heterocycles. The Kier molecular flexibility index (Phi) is 4.37. The van der Waals surface area contributed by atoms with Gasteiger partial charge in [-0.1, -0.05) is 36.7 Å². The number of hydrogen-bond acceptors (Lipinski definition) is 3. The van der Waals surface area contributed by atoms with Gasteiger partial charge in [0, 0.05) is 29.5 Å². The molecule has 6 heteroatoms. The van der Waals surface area contributed by atoms with Gasteiger partial charge in [-0.2, -0.15) is 0 Å². The van der Waals surface area contributed by atoms with Crippen molar-refractivity contribution in [2.45, 2.75) is 31.6 Å². The van der Waals surface area contributed by atoms with E-state index >= 15 is 0 Å². The summed E-state index contributed by atoms with van der Waals surface area (Å²) in [5.41, 5.74) is 0.936. The Balaban J connectivity index is 1.72. The lowest BCUT2D eigenvalue weighted by Gasteiger charge is -2.17. The van der Waals surface area contributed by atoms with Gasteiger partial charge in [0.2, 0.25) is 0 Å². The number of hydrogen-bond donors (Lipinski definition) is 2. The van der Waals surface area contributed by atoms with Crippen molar-refractivity contribution in [2.75, 3.05) is 6.54 Å². The Morgan fingerprint density at radius 3 is 2.58 bits per heavy atom. The van der Waals surface area contributed by atoms with Gasteiger partial charge in [0.1, 0.15) is 11.3 Å². The number of halogens is 1. The van der Waals surface area contributed by atoms with Crippen molar-refractivity contribution < 1.29 is 19.1 Å². The Morgan fingerprint density at radius 2 is 2.04 bits per heavy atom. The summed E-state index contributed by atoms with van der Waals surface area (Å²) in [6.45, 7) is 2.23. The molecular formula is C18H18ClNO4. The topological polar surface area (TPSA) is 79.5 Å². The average Bonchev–Trinajstić information content (AvgIpc) is 3.22. The molecule has 1 heterocycles. The zero-order valence-corrected chi connectivity index (χ0v) is 14.0. The number of carboxylic acid groups (broad SMARTS) is 1. The summed E-state index contributed by atoms with van der Waals surface area (Å²) >= 11 is 6.26. The van der Waals surface area contributed by atoms with Crippen LogP contribution in [0.4, 0.5) is 0 Å². The van der Waals surface area contributed by atoms with Crippen molar-refractivity contribution in [2.24, 2.45) is 0 Å². The van der Waals surface area contributed by atoms with Gasteiger partial charge in [-0.25, -0.2) is 4.79 Å². The first kappa shape index (κ1) is 16.6. The summed E-state index contributed by atoms with van der Waals surface area (Å²) in [6, 6.07) is 8.92. The van der Waals surface area contributed by atoms with E-state index < -0.39 is 11.9 Å². The Morgan fingerprint density at radius 1 is 1.33 bits per heavy atom. The highest BCUT2D eigenvalue weighted by Gasteiger charge is 2.45. The maximum absolute atomic E-state index is 12.3. The molecule has 0 bridgehead atoms. The SMILES string of the molecule is CCc1oc(C(=O)NCC2(c3ccccc3Cl)CC2)cc1C(=O)O. The second kappa shape index (κ2) is 6.32. The number of amides is 1. The number of furan rings is 1. The number of rotatable bonds is 6. The van der Waals surface area contributed by atoms with Crippen LogP contribution < -0.4 is 5.32 Å². The van der Waals surface area contributed by atoms with Gasteiger partial charge in [-0.05, 0) is 24.5 Å². The zero-order valence-electron chi connectivity index (χ0n) is 13.3. The van der Waals surface area contributed by atoms with E-state index in [2.05, 4.69) is 5.32 Å². The summed E-state index contributed by atoms with van der Waals surface area (Å²) in [5, 5.41) is 12.7. The van der Waals surface area contributed by atoms with E-state index in [1.54, 1.807) is 6.92 Å². The van der Waals surface area contributed by atoms with E-state index in [0.717, 1.165) is 18.4 Å². The van der Waals surface area contributed by atoms with E-state index in [1.165, 1.54) is 6.07 Å². The maximum Gasteiger partial charge on any atom is 0.339 e. The largest absolute Gasteiger partial charge is 0.478 e. The standard InChI is InChI=1S/C18H18ClNO4/c1-2-14-11(17(22)23)9-15(24-14)16(21)20-10-18(7-8-18)12-5-3-4-6-13(12)19/h3-6,9H,2,7-8,10H2,1H3,(H,20,21)(H,22,23). The minimum Gasteiger partial charge on any atom is -0.478 e. The Bertz CT molecular complexity index is 792.